The molecule has 152 valence electrons. The minimum atomic E-state index is -0.162. The number of hydrogen-bond acceptors (Lipinski definition) is 8. The highest BCUT2D eigenvalue weighted by Gasteiger charge is 2.44. The highest BCUT2D eigenvalue weighted by molar-refractivity contribution is 5.79. The number of aromatic nitrogens is 3. The van der Waals surface area contributed by atoms with E-state index >= 15 is 0 Å². The number of rotatable bonds is 3. The molecule has 1 spiro atoms. The van der Waals surface area contributed by atoms with Crippen LogP contribution in [0.1, 0.15) is 24.2 Å². The molecule has 4 heterocycles. The van der Waals surface area contributed by atoms with Gasteiger partial charge in [0, 0.05) is 30.1 Å². The first-order valence-electron chi connectivity index (χ1n) is 10.00. The van der Waals surface area contributed by atoms with Crippen molar-refractivity contribution in [3.63, 3.8) is 0 Å². The molecular weight excluding hydrogens is 370 g/mol. The fourth-order valence-electron chi connectivity index (χ4n) is 4.53. The average molecular weight is 395 g/mol. The normalized spacial score (nSPS) is 21.3. The van der Waals surface area contributed by atoms with Crippen molar-refractivity contribution in [2.24, 2.45) is 11.1 Å². The third-order valence-corrected chi connectivity index (χ3v) is 6.41. The van der Waals surface area contributed by atoms with E-state index in [-0.39, 0.29) is 18.1 Å². The van der Waals surface area contributed by atoms with Crippen LogP contribution in [-0.2, 0) is 11.3 Å². The highest BCUT2D eigenvalue weighted by Crippen LogP contribution is 2.40. The maximum absolute atomic E-state index is 10.00. The maximum Gasteiger partial charge on any atom is 0.181 e. The molecule has 8 nitrogen and oxygen atoms in total. The van der Waals surface area contributed by atoms with E-state index in [1.807, 2.05) is 25.1 Å². The summed E-state index contributed by atoms with van der Waals surface area (Å²) in [6, 6.07) is 5.86. The lowest BCUT2D eigenvalue weighted by molar-refractivity contribution is 0.131. The lowest BCUT2D eigenvalue weighted by atomic mass is 9.75. The van der Waals surface area contributed by atoms with E-state index in [0.29, 0.717) is 17.9 Å². The van der Waals surface area contributed by atoms with Crippen molar-refractivity contribution in [3.8, 4) is 11.3 Å². The first-order valence-corrected chi connectivity index (χ1v) is 10.00. The molecule has 2 aliphatic heterocycles. The summed E-state index contributed by atoms with van der Waals surface area (Å²) in [5, 5.41) is 10.00. The van der Waals surface area contributed by atoms with Crippen LogP contribution in [0.3, 0.4) is 0 Å². The van der Waals surface area contributed by atoms with Gasteiger partial charge in [-0.15, -0.1) is 0 Å². The number of ether oxygens (including phenoxy) is 1. The molecule has 2 saturated heterocycles. The van der Waals surface area contributed by atoms with Gasteiger partial charge >= 0.3 is 0 Å². The first-order chi connectivity index (χ1) is 14.1. The van der Waals surface area contributed by atoms with Gasteiger partial charge < -0.3 is 24.9 Å². The average Bonchev–Trinajstić information content (AvgIpc) is 3.35. The number of nitrogens with two attached hydrogens (primary N) is 1. The summed E-state index contributed by atoms with van der Waals surface area (Å²) in [5.41, 5.74) is 10.9. The Morgan fingerprint density at radius 2 is 2.10 bits per heavy atom. The second kappa shape index (κ2) is 7.05. The minimum Gasteiger partial charge on any atom is -0.443 e. The van der Waals surface area contributed by atoms with Crippen molar-refractivity contribution in [1.29, 1.82) is 0 Å². The standard InChI is InChI=1S/C21H25N5O3/c1-13-19(14-2-3-15-17(8-14)29-12-23-15)25-16(9-27)20(24-13)26-6-4-21(5-7-26)11-28-10-18(21)22/h2-3,8,12,18,27H,4-7,9-11,22H2,1H3/t18-/m1/s1. The summed E-state index contributed by atoms with van der Waals surface area (Å²) in [6.45, 7) is 4.84. The van der Waals surface area contributed by atoms with Gasteiger partial charge in [-0.05, 0) is 31.9 Å². The van der Waals surface area contributed by atoms with Crippen LogP contribution in [-0.4, -0.2) is 52.4 Å². The number of anilines is 1. The third-order valence-electron chi connectivity index (χ3n) is 6.41. The molecule has 29 heavy (non-hydrogen) atoms. The van der Waals surface area contributed by atoms with Crippen LogP contribution in [0.4, 0.5) is 5.82 Å². The van der Waals surface area contributed by atoms with Gasteiger partial charge in [0.05, 0.1) is 31.2 Å². The second-order valence-corrected chi connectivity index (χ2v) is 8.09. The highest BCUT2D eigenvalue weighted by atomic mass is 16.5. The summed E-state index contributed by atoms with van der Waals surface area (Å²) in [7, 11) is 0. The fourth-order valence-corrected chi connectivity index (χ4v) is 4.53. The van der Waals surface area contributed by atoms with Gasteiger partial charge in [0.25, 0.3) is 0 Å². The quantitative estimate of drug-likeness (QED) is 0.693. The monoisotopic (exact) mass is 395 g/mol. The van der Waals surface area contributed by atoms with Crippen molar-refractivity contribution >= 4 is 16.9 Å². The molecule has 2 fully saturated rings. The minimum absolute atomic E-state index is 0.0742. The topological polar surface area (TPSA) is 111 Å². The number of aliphatic hydroxyl groups is 1. The zero-order valence-corrected chi connectivity index (χ0v) is 16.5. The largest absolute Gasteiger partial charge is 0.443 e. The summed E-state index contributed by atoms with van der Waals surface area (Å²) < 4.78 is 11.0. The van der Waals surface area contributed by atoms with E-state index in [2.05, 4.69) is 9.88 Å². The zero-order valence-electron chi connectivity index (χ0n) is 16.5. The Hall–Kier alpha value is -2.55. The predicted molar refractivity (Wildman–Crippen MR) is 108 cm³/mol. The van der Waals surface area contributed by atoms with Crippen molar-refractivity contribution < 1.29 is 14.3 Å². The van der Waals surface area contributed by atoms with Crippen molar-refractivity contribution in [3.05, 3.63) is 36.0 Å². The van der Waals surface area contributed by atoms with E-state index in [4.69, 9.17) is 24.9 Å². The van der Waals surface area contributed by atoms with E-state index < -0.39 is 0 Å². The van der Waals surface area contributed by atoms with Crippen molar-refractivity contribution in [2.45, 2.75) is 32.4 Å². The SMILES string of the molecule is Cc1nc(N2CCC3(CC2)COC[C@H]3N)c(CO)nc1-c1ccc2ncoc2c1. The van der Waals surface area contributed by atoms with Crippen LogP contribution < -0.4 is 10.6 Å². The van der Waals surface area contributed by atoms with Crippen LogP contribution >= 0.6 is 0 Å². The van der Waals surface area contributed by atoms with Crippen molar-refractivity contribution in [1.82, 2.24) is 15.0 Å². The molecule has 2 aromatic heterocycles. The predicted octanol–water partition coefficient (Wildman–Crippen LogP) is 2.03. The molecule has 5 rings (SSSR count). The van der Waals surface area contributed by atoms with Crippen LogP contribution in [0.5, 0.6) is 0 Å². The van der Waals surface area contributed by atoms with Crippen LogP contribution in [0, 0.1) is 12.3 Å². The molecule has 0 unspecified atom stereocenters. The molecule has 0 aliphatic carbocycles. The Kier molecular flexibility index (Phi) is 4.49. The zero-order chi connectivity index (χ0) is 20.0. The summed E-state index contributed by atoms with van der Waals surface area (Å²) in [5.74, 6) is 0.761. The summed E-state index contributed by atoms with van der Waals surface area (Å²) >= 11 is 0. The number of benzene rings is 1. The molecule has 8 heteroatoms. The van der Waals surface area contributed by atoms with E-state index in [1.165, 1.54) is 6.39 Å². The second-order valence-electron chi connectivity index (χ2n) is 8.09. The number of nitrogens with zero attached hydrogens (tertiary/aromatic N) is 4. The molecule has 0 radical (unpaired) electrons. The number of aliphatic hydroxyl groups excluding tert-OH is 1. The molecule has 0 amide bonds. The van der Waals surface area contributed by atoms with Gasteiger partial charge in [-0.1, -0.05) is 6.07 Å². The van der Waals surface area contributed by atoms with Gasteiger partial charge in [-0.2, -0.15) is 0 Å². The molecular formula is C21H25N5O3. The molecule has 0 saturated carbocycles. The Bertz CT molecular complexity index is 1040. The lowest BCUT2D eigenvalue weighted by Crippen LogP contribution is -2.49. The molecule has 1 atom stereocenters. The number of piperidine rings is 1. The summed E-state index contributed by atoms with van der Waals surface area (Å²) in [6.07, 6.45) is 3.35. The Balaban J connectivity index is 1.45. The van der Waals surface area contributed by atoms with Gasteiger partial charge in [-0.25, -0.2) is 15.0 Å². The van der Waals surface area contributed by atoms with E-state index in [1.54, 1.807) is 0 Å². The Labute approximate surface area is 168 Å². The maximum atomic E-state index is 10.00. The van der Waals surface area contributed by atoms with Crippen LogP contribution in [0.25, 0.3) is 22.4 Å². The fraction of sp³-hybridized carbons (Fsp3) is 0.476. The molecule has 3 aromatic rings. The van der Waals surface area contributed by atoms with Crippen molar-refractivity contribution in [2.75, 3.05) is 31.2 Å². The number of oxazole rings is 1. The summed E-state index contributed by atoms with van der Waals surface area (Å²) in [4.78, 5) is 16.0. The number of hydrogen-bond donors (Lipinski definition) is 2. The Morgan fingerprint density at radius 1 is 1.28 bits per heavy atom. The van der Waals surface area contributed by atoms with Gasteiger partial charge in [0.1, 0.15) is 11.2 Å². The van der Waals surface area contributed by atoms with Crippen LogP contribution in [0.15, 0.2) is 29.0 Å². The molecule has 3 N–H and O–H groups in total. The number of fused-ring (bicyclic) bond motifs is 1. The Morgan fingerprint density at radius 3 is 2.83 bits per heavy atom. The first kappa shape index (κ1) is 18.5. The molecule has 0 bridgehead atoms. The van der Waals surface area contributed by atoms with E-state index in [9.17, 15) is 5.11 Å². The van der Waals surface area contributed by atoms with Gasteiger partial charge in [0.15, 0.2) is 17.8 Å². The number of aryl methyl sites for hydroxylation is 1. The molecule has 2 aliphatic rings. The van der Waals surface area contributed by atoms with E-state index in [0.717, 1.165) is 60.8 Å². The van der Waals surface area contributed by atoms with Gasteiger partial charge in [-0.3, -0.25) is 0 Å². The lowest BCUT2D eigenvalue weighted by Gasteiger charge is -2.41. The van der Waals surface area contributed by atoms with Crippen LogP contribution in [0.2, 0.25) is 0 Å². The smallest absolute Gasteiger partial charge is 0.181 e. The third kappa shape index (κ3) is 3.08. The molecule has 1 aromatic carbocycles. The van der Waals surface area contributed by atoms with Gasteiger partial charge in [0.2, 0.25) is 0 Å².